The number of anilines is 1. The summed E-state index contributed by atoms with van der Waals surface area (Å²) in [4.78, 5) is 0.139. The molecule has 1 aromatic rings. The van der Waals surface area contributed by atoms with Crippen LogP contribution in [0, 0.1) is 5.92 Å². The number of sulfonamides is 1. The van der Waals surface area contributed by atoms with E-state index >= 15 is 0 Å². The van der Waals surface area contributed by atoms with Gasteiger partial charge in [0.1, 0.15) is 0 Å². The van der Waals surface area contributed by atoms with Crippen LogP contribution < -0.4 is 10.5 Å². The van der Waals surface area contributed by atoms with Crippen LogP contribution in [0.1, 0.15) is 13.8 Å². The Balaban J connectivity index is 2.96. The maximum atomic E-state index is 12.1. The van der Waals surface area contributed by atoms with Crippen molar-refractivity contribution in [3.8, 4) is 0 Å². The Morgan fingerprint density at radius 3 is 2.56 bits per heavy atom. The fourth-order valence-corrected chi connectivity index (χ4v) is 3.17. The number of hydrogen-bond acceptors (Lipinski definition) is 4. The second kappa shape index (κ2) is 6.01. The van der Waals surface area contributed by atoms with Crippen LogP contribution >= 0.6 is 15.9 Å². The molecule has 2 atom stereocenters. The van der Waals surface area contributed by atoms with Gasteiger partial charge in [-0.25, -0.2) is 13.1 Å². The van der Waals surface area contributed by atoms with Gasteiger partial charge in [0.2, 0.25) is 10.0 Å². The molecule has 102 valence electrons. The normalized spacial score (nSPS) is 15.3. The van der Waals surface area contributed by atoms with Crippen LogP contribution in [0.3, 0.4) is 0 Å². The third kappa shape index (κ3) is 3.68. The number of nitrogen functional groups attached to an aromatic ring is 1. The third-order valence-corrected chi connectivity index (χ3v) is 5.01. The van der Waals surface area contributed by atoms with Gasteiger partial charge in [-0.3, -0.25) is 0 Å². The lowest BCUT2D eigenvalue weighted by Crippen LogP contribution is -2.38. The first-order valence-corrected chi connectivity index (χ1v) is 7.73. The van der Waals surface area contributed by atoms with Crippen LogP contribution in [-0.2, 0) is 10.0 Å². The summed E-state index contributed by atoms with van der Waals surface area (Å²) >= 11 is 3.19. The number of nitrogens with two attached hydrogens (primary N) is 1. The van der Waals surface area contributed by atoms with Gasteiger partial charge in [0.05, 0.1) is 4.90 Å². The number of nitrogens with one attached hydrogen (secondary N) is 1. The molecule has 2 unspecified atom stereocenters. The second-order valence-electron chi connectivity index (χ2n) is 4.25. The van der Waals surface area contributed by atoms with Gasteiger partial charge >= 0.3 is 0 Å². The van der Waals surface area contributed by atoms with Gasteiger partial charge in [-0.05, 0) is 47.0 Å². The summed E-state index contributed by atoms with van der Waals surface area (Å²) in [7, 11) is -3.60. The average molecular weight is 337 g/mol. The summed E-state index contributed by atoms with van der Waals surface area (Å²) in [6.07, 6.45) is 0. The number of aliphatic hydroxyl groups is 1. The topological polar surface area (TPSA) is 92.4 Å². The molecule has 0 aliphatic carbocycles. The van der Waals surface area contributed by atoms with Crippen molar-refractivity contribution < 1.29 is 13.5 Å². The first kappa shape index (κ1) is 15.4. The molecule has 0 radical (unpaired) electrons. The van der Waals surface area contributed by atoms with Crippen molar-refractivity contribution in [2.75, 3.05) is 12.3 Å². The van der Waals surface area contributed by atoms with Crippen molar-refractivity contribution in [3.05, 3.63) is 22.7 Å². The van der Waals surface area contributed by atoms with Gasteiger partial charge in [0, 0.05) is 22.8 Å². The highest BCUT2D eigenvalue weighted by Gasteiger charge is 2.21. The lowest BCUT2D eigenvalue weighted by Gasteiger charge is -2.19. The van der Waals surface area contributed by atoms with E-state index in [4.69, 9.17) is 10.8 Å². The predicted molar refractivity (Wildman–Crippen MR) is 74.6 cm³/mol. The van der Waals surface area contributed by atoms with E-state index in [1.54, 1.807) is 13.8 Å². The van der Waals surface area contributed by atoms with E-state index in [0.29, 0.717) is 10.2 Å². The smallest absolute Gasteiger partial charge is 0.240 e. The highest BCUT2D eigenvalue weighted by molar-refractivity contribution is 9.10. The Bertz CT molecular complexity index is 519. The first-order valence-electron chi connectivity index (χ1n) is 5.46. The second-order valence-corrected chi connectivity index (χ2v) is 6.82. The van der Waals surface area contributed by atoms with Crippen molar-refractivity contribution in [2.24, 2.45) is 5.92 Å². The molecule has 0 aliphatic rings. The van der Waals surface area contributed by atoms with Gasteiger partial charge in [0.15, 0.2) is 0 Å². The maximum Gasteiger partial charge on any atom is 0.240 e. The zero-order valence-corrected chi connectivity index (χ0v) is 12.6. The fourth-order valence-electron chi connectivity index (χ4n) is 1.26. The Hall–Kier alpha value is -0.630. The molecule has 1 rings (SSSR count). The Labute approximate surface area is 116 Å². The van der Waals surface area contributed by atoms with E-state index in [0.717, 1.165) is 0 Å². The van der Waals surface area contributed by atoms with Crippen LogP contribution in [0.4, 0.5) is 5.69 Å². The van der Waals surface area contributed by atoms with Crippen molar-refractivity contribution in [2.45, 2.75) is 24.8 Å². The van der Waals surface area contributed by atoms with Crippen LogP contribution in [0.15, 0.2) is 27.6 Å². The highest BCUT2D eigenvalue weighted by Crippen LogP contribution is 2.23. The number of rotatable bonds is 5. The van der Waals surface area contributed by atoms with E-state index in [9.17, 15) is 8.42 Å². The number of aliphatic hydroxyl groups excluding tert-OH is 1. The Kier molecular flexibility index (Phi) is 5.15. The van der Waals surface area contributed by atoms with E-state index in [1.165, 1.54) is 18.2 Å². The lowest BCUT2D eigenvalue weighted by atomic mass is 10.1. The van der Waals surface area contributed by atoms with Crippen LogP contribution in [0.25, 0.3) is 0 Å². The molecular weight excluding hydrogens is 320 g/mol. The SMILES string of the molecule is CC(CO)C(C)NS(=O)(=O)c1ccc(N)c(Br)c1. The summed E-state index contributed by atoms with van der Waals surface area (Å²) in [5, 5.41) is 8.99. The average Bonchev–Trinajstić information content (AvgIpc) is 2.30. The molecule has 0 bridgehead atoms. The first-order chi connectivity index (χ1) is 8.27. The maximum absolute atomic E-state index is 12.1. The molecule has 0 saturated carbocycles. The molecule has 1 aromatic carbocycles. The number of halogens is 1. The minimum absolute atomic E-state index is 0.0743. The molecule has 5 nitrogen and oxygen atoms in total. The van der Waals surface area contributed by atoms with Gasteiger partial charge < -0.3 is 10.8 Å². The van der Waals surface area contributed by atoms with Crippen molar-refractivity contribution in [1.82, 2.24) is 4.72 Å². The van der Waals surface area contributed by atoms with E-state index in [1.807, 2.05) is 0 Å². The van der Waals surface area contributed by atoms with Gasteiger partial charge in [-0.15, -0.1) is 0 Å². The molecule has 0 spiro atoms. The fraction of sp³-hybridized carbons (Fsp3) is 0.455. The third-order valence-electron chi connectivity index (χ3n) is 2.76. The zero-order chi connectivity index (χ0) is 13.9. The minimum Gasteiger partial charge on any atom is -0.398 e. The van der Waals surface area contributed by atoms with Crippen LogP contribution in [0.5, 0.6) is 0 Å². The summed E-state index contributed by atoms with van der Waals surface area (Å²) < 4.78 is 27.2. The number of benzene rings is 1. The Morgan fingerprint density at radius 1 is 1.44 bits per heavy atom. The Morgan fingerprint density at radius 2 is 2.06 bits per heavy atom. The van der Waals surface area contributed by atoms with Crippen molar-refractivity contribution in [3.63, 3.8) is 0 Å². The van der Waals surface area contributed by atoms with Gasteiger partial charge in [-0.2, -0.15) is 0 Å². The largest absolute Gasteiger partial charge is 0.398 e. The molecule has 0 fully saturated rings. The molecular formula is C11H17BrN2O3S. The van der Waals surface area contributed by atoms with Crippen molar-refractivity contribution in [1.29, 1.82) is 0 Å². The minimum atomic E-state index is -3.60. The molecule has 0 saturated heterocycles. The molecule has 7 heteroatoms. The summed E-state index contributed by atoms with van der Waals surface area (Å²) in [5.41, 5.74) is 6.09. The van der Waals surface area contributed by atoms with Gasteiger partial charge in [-0.1, -0.05) is 6.92 Å². The molecule has 0 aromatic heterocycles. The van der Waals surface area contributed by atoms with E-state index < -0.39 is 10.0 Å². The molecule has 0 amide bonds. The highest BCUT2D eigenvalue weighted by atomic mass is 79.9. The monoisotopic (exact) mass is 336 g/mol. The lowest BCUT2D eigenvalue weighted by molar-refractivity contribution is 0.216. The van der Waals surface area contributed by atoms with Gasteiger partial charge in [0.25, 0.3) is 0 Å². The summed E-state index contributed by atoms with van der Waals surface area (Å²) in [6.45, 7) is 3.41. The molecule has 18 heavy (non-hydrogen) atoms. The zero-order valence-electron chi connectivity index (χ0n) is 10.2. The number of hydrogen-bond donors (Lipinski definition) is 3. The van der Waals surface area contributed by atoms with E-state index in [2.05, 4.69) is 20.7 Å². The standard InChI is InChI=1S/C11H17BrN2O3S/c1-7(6-15)8(2)14-18(16,17)9-3-4-11(13)10(12)5-9/h3-5,7-8,14-15H,6,13H2,1-2H3. The summed E-state index contributed by atoms with van der Waals surface area (Å²) in [5.74, 6) is -0.156. The molecule has 0 heterocycles. The van der Waals surface area contributed by atoms with Crippen LogP contribution in [-0.4, -0.2) is 26.2 Å². The van der Waals surface area contributed by atoms with Crippen LogP contribution in [0.2, 0.25) is 0 Å². The van der Waals surface area contributed by atoms with Crippen molar-refractivity contribution >= 4 is 31.6 Å². The predicted octanol–water partition coefficient (Wildman–Crippen LogP) is 1.33. The molecule has 0 aliphatic heterocycles. The molecule has 4 N–H and O–H groups in total. The summed E-state index contributed by atoms with van der Waals surface area (Å²) in [6, 6.07) is 4.07. The quantitative estimate of drug-likeness (QED) is 0.707. The van der Waals surface area contributed by atoms with E-state index in [-0.39, 0.29) is 23.5 Å².